The van der Waals surface area contributed by atoms with E-state index in [1.807, 2.05) is 12.1 Å². The molecule has 1 aliphatic carbocycles. The van der Waals surface area contributed by atoms with Gasteiger partial charge in [0.05, 0.1) is 18.9 Å². The Morgan fingerprint density at radius 1 is 1.08 bits per heavy atom. The van der Waals surface area contributed by atoms with E-state index < -0.39 is 0 Å². The van der Waals surface area contributed by atoms with Crippen molar-refractivity contribution in [2.45, 2.75) is 70.9 Å². The molecule has 0 bridgehead atoms. The third-order valence-corrected chi connectivity index (χ3v) is 5.41. The summed E-state index contributed by atoms with van der Waals surface area (Å²) in [6.07, 6.45) is 10.0. The smallest absolute Gasteiger partial charge is 0.119 e. The van der Waals surface area contributed by atoms with Crippen LogP contribution in [0.3, 0.4) is 0 Å². The van der Waals surface area contributed by atoms with Crippen molar-refractivity contribution in [2.24, 2.45) is 5.92 Å². The molecule has 3 rings (SSSR count). The minimum absolute atomic E-state index is 0.223. The fraction of sp³-hybridized carbons (Fsp3) is 0.565. The van der Waals surface area contributed by atoms with Gasteiger partial charge in [-0.05, 0) is 81.3 Å². The molecule has 0 spiro atoms. The predicted octanol–water partition coefficient (Wildman–Crippen LogP) is 5.91. The highest BCUT2D eigenvalue weighted by Crippen LogP contribution is 2.38. The maximum Gasteiger partial charge on any atom is 0.119 e. The van der Waals surface area contributed by atoms with Crippen molar-refractivity contribution < 1.29 is 9.15 Å². The molecule has 1 saturated carbocycles. The first-order chi connectivity index (χ1) is 12.7. The number of rotatable bonds is 9. The maximum atomic E-state index is 5.81. The molecule has 0 aliphatic heterocycles. The van der Waals surface area contributed by atoms with Gasteiger partial charge in [0.1, 0.15) is 11.5 Å². The topological polar surface area (TPSA) is 34.4 Å². The molecule has 26 heavy (non-hydrogen) atoms. The summed E-state index contributed by atoms with van der Waals surface area (Å²) >= 11 is 0. The summed E-state index contributed by atoms with van der Waals surface area (Å²) in [5.41, 5.74) is 1.47. The molecule has 0 unspecified atom stereocenters. The molecule has 1 heterocycles. The molecule has 1 aliphatic rings. The van der Waals surface area contributed by atoms with Crippen LogP contribution in [0.25, 0.3) is 0 Å². The van der Waals surface area contributed by atoms with E-state index in [0.29, 0.717) is 5.92 Å². The van der Waals surface area contributed by atoms with Gasteiger partial charge in [0.15, 0.2) is 0 Å². The van der Waals surface area contributed by atoms with Crippen LogP contribution in [0.15, 0.2) is 47.1 Å². The zero-order valence-corrected chi connectivity index (χ0v) is 16.2. The molecule has 1 atom stereocenters. The summed E-state index contributed by atoms with van der Waals surface area (Å²) in [5.74, 6) is 3.43. The molecule has 1 aromatic heterocycles. The minimum Gasteiger partial charge on any atom is -0.491 e. The van der Waals surface area contributed by atoms with E-state index in [0.717, 1.165) is 30.5 Å². The molecular formula is C23H33NO2. The van der Waals surface area contributed by atoms with Crippen LogP contribution in [-0.2, 0) is 6.54 Å². The fourth-order valence-electron chi connectivity index (χ4n) is 4.16. The molecule has 3 heteroatoms. The molecule has 3 nitrogen and oxygen atoms in total. The number of furan rings is 1. The first-order valence-electron chi connectivity index (χ1n) is 10.2. The lowest BCUT2D eigenvalue weighted by Crippen LogP contribution is -2.22. The van der Waals surface area contributed by atoms with Crippen molar-refractivity contribution in [3.8, 4) is 5.75 Å². The molecule has 2 aromatic rings. The Morgan fingerprint density at radius 2 is 1.85 bits per heavy atom. The summed E-state index contributed by atoms with van der Waals surface area (Å²) in [6, 6.07) is 12.8. The van der Waals surface area contributed by atoms with Crippen molar-refractivity contribution in [3.63, 3.8) is 0 Å². The first-order valence-corrected chi connectivity index (χ1v) is 10.2. The third-order valence-electron chi connectivity index (χ3n) is 5.41. The maximum absolute atomic E-state index is 5.81. The first kappa shape index (κ1) is 19.0. The van der Waals surface area contributed by atoms with Crippen molar-refractivity contribution in [1.29, 1.82) is 0 Å². The lowest BCUT2D eigenvalue weighted by Gasteiger charge is -2.31. The SMILES string of the molecule is CC(C)Oc1ccc([C@H](CCNCc2ccco2)C2CCCCC2)cc1. The average Bonchev–Trinajstić information content (AvgIpc) is 3.16. The monoisotopic (exact) mass is 355 g/mol. The Bertz CT molecular complexity index is 612. The second-order valence-corrected chi connectivity index (χ2v) is 7.79. The summed E-state index contributed by atoms with van der Waals surface area (Å²) in [5, 5.41) is 3.55. The Balaban J connectivity index is 1.60. The van der Waals surface area contributed by atoms with Gasteiger partial charge in [0, 0.05) is 0 Å². The van der Waals surface area contributed by atoms with Gasteiger partial charge in [0.25, 0.3) is 0 Å². The van der Waals surface area contributed by atoms with Crippen LogP contribution >= 0.6 is 0 Å². The van der Waals surface area contributed by atoms with Crippen LogP contribution in [0.4, 0.5) is 0 Å². The summed E-state index contributed by atoms with van der Waals surface area (Å²) in [7, 11) is 0. The van der Waals surface area contributed by atoms with E-state index in [1.54, 1.807) is 6.26 Å². The van der Waals surface area contributed by atoms with Crippen LogP contribution in [-0.4, -0.2) is 12.6 Å². The second-order valence-electron chi connectivity index (χ2n) is 7.79. The van der Waals surface area contributed by atoms with Crippen LogP contribution in [0.2, 0.25) is 0 Å². The van der Waals surface area contributed by atoms with Crippen LogP contribution in [0, 0.1) is 5.92 Å². The number of ether oxygens (including phenoxy) is 1. The van der Waals surface area contributed by atoms with Gasteiger partial charge in [-0.1, -0.05) is 31.4 Å². The summed E-state index contributed by atoms with van der Waals surface area (Å²) in [6.45, 7) is 5.98. The molecule has 0 amide bonds. The Morgan fingerprint density at radius 3 is 2.50 bits per heavy atom. The lowest BCUT2D eigenvalue weighted by molar-refractivity contribution is 0.242. The molecule has 1 aromatic carbocycles. The van der Waals surface area contributed by atoms with Crippen molar-refractivity contribution in [1.82, 2.24) is 5.32 Å². The lowest BCUT2D eigenvalue weighted by atomic mass is 9.75. The van der Waals surface area contributed by atoms with E-state index >= 15 is 0 Å². The van der Waals surface area contributed by atoms with E-state index in [9.17, 15) is 0 Å². The van der Waals surface area contributed by atoms with Crippen LogP contribution in [0.5, 0.6) is 5.75 Å². The predicted molar refractivity (Wildman–Crippen MR) is 107 cm³/mol. The fourth-order valence-corrected chi connectivity index (χ4v) is 4.16. The molecule has 142 valence electrons. The standard InChI is InChI=1S/C23H33NO2/c1-18(2)26-21-12-10-20(11-13-21)23(19-7-4-3-5-8-19)14-15-24-17-22-9-6-16-25-22/h6,9-13,16,18-19,23-24H,3-5,7-8,14-15,17H2,1-2H3/t23-/m1/s1. The van der Waals surface area contributed by atoms with Crippen molar-refractivity contribution in [3.05, 3.63) is 54.0 Å². The second kappa shape index (κ2) is 9.82. The van der Waals surface area contributed by atoms with Gasteiger partial charge >= 0.3 is 0 Å². The zero-order valence-electron chi connectivity index (χ0n) is 16.2. The largest absolute Gasteiger partial charge is 0.491 e. The highest BCUT2D eigenvalue weighted by molar-refractivity contribution is 5.30. The molecular weight excluding hydrogens is 322 g/mol. The number of nitrogens with one attached hydrogen (secondary N) is 1. The van der Waals surface area contributed by atoms with Crippen LogP contribution < -0.4 is 10.1 Å². The quantitative estimate of drug-likeness (QED) is 0.568. The number of hydrogen-bond donors (Lipinski definition) is 1. The molecule has 0 saturated heterocycles. The average molecular weight is 356 g/mol. The van der Waals surface area contributed by atoms with Gasteiger partial charge in [-0.15, -0.1) is 0 Å². The minimum atomic E-state index is 0.223. The van der Waals surface area contributed by atoms with Gasteiger partial charge in [-0.25, -0.2) is 0 Å². The number of hydrogen-bond acceptors (Lipinski definition) is 3. The van der Waals surface area contributed by atoms with Crippen molar-refractivity contribution in [2.75, 3.05) is 6.54 Å². The highest BCUT2D eigenvalue weighted by atomic mass is 16.5. The Hall–Kier alpha value is -1.74. The molecule has 1 fully saturated rings. The highest BCUT2D eigenvalue weighted by Gasteiger charge is 2.24. The molecule has 0 radical (unpaired) electrons. The number of benzene rings is 1. The summed E-state index contributed by atoms with van der Waals surface area (Å²) < 4.78 is 11.2. The Kier molecular flexibility index (Phi) is 7.19. The van der Waals surface area contributed by atoms with Gasteiger partial charge in [-0.2, -0.15) is 0 Å². The molecule has 1 N–H and O–H groups in total. The zero-order chi connectivity index (χ0) is 18.2. The normalized spacial score (nSPS) is 16.7. The van der Waals surface area contributed by atoms with E-state index in [-0.39, 0.29) is 6.10 Å². The van der Waals surface area contributed by atoms with Gasteiger partial charge in [-0.3, -0.25) is 0 Å². The van der Waals surface area contributed by atoms with E-state index in [1.165, 1.54) is 44.1 Å². The van der Waals surface area contributed by atoms with Crippen LogP contribution in [0.1, 0.15) is 69.6 Å². The third kappa shape index (κ3) is 5.63. The van der Waals surface area contributed by atoms with Crippen molar-refractivity contribution >= 4 is 0 Å². The van der Waals surface area contributed by atoms with E-state index in [4.69, 9.17) is 9.15 Å². The van der Waals surface area contributed by atoms with Gasteiger partial charge < -0.3 is 14.5 Å². The summed E-state index contributed by atoms with van der Waals surface area (Å²) in [4.78, 5) is 0. The Labute approximate surface area is 158 Å². The van der Waals surface area contributed by atoms with E-state index in [2.05, 4.69) is 43.4 Å². The van der Waals surface area contributed by atoms with Gasteiger partial charge in [0.2, 0.25) is 0 Å².